The first-order valence-corrected chi connectivity index (χ1v) is 14.2. The first-order valence-electron chi connectivity index (χ1n) is 10.9. The molecule has 174 valence electrons. The van der Waals surface area contributed by atoms with Crippen LogP contribution in [-0.4, -0.2) is 47.0 Å². The summed E-state index contributed by atoms with van der Waals surface area (Å²) in [5, 5.41) is 0. The highest BCUT2D eigenvalue weighted by atomic mass is 28.3. The van der Waals surface area contributed by atoms with Crippen LogP contribution in [0.25, 0.3) is 11.1 Å². The van der Waals surface area contributed by atoms with Gasteiger partial charge >= 0.3 is 18.6 Å². The molecule has 2 aromatic heterocycles. The largest absolute Gasteiger partial charge is 0.400 e. The molecule has 2 unspecified atom stereocenters. The van der Waals surface area contributed by atoms with Gasteiger partial charge in [0.1, 0.15) is 13.1 Å². The second kappa shape index (κ2) is 14.3. The molecule has 6 nitrogen and oxygen atoms in total. The lowest BCUT2D eigenvalue weighted by Gasteiger charge is -2.18. The van der Waals surface area contributed by atoms with E-state index in [1.165, 1.54) is 11.1 Å². The Balaban J connectivity index is 1.94. The zero-order valence-corrected chi connectivity index (χ0v) is 22.2. The minimum absolute atomic E-state index is 0.285. The van der Waals surface area contributed by atoms with E-state index in [1.54, 1.807) is 28.4 Å². The number of pyridine rings is 2. The van der Waals surface area contributed by atoms with Crippen LogP contribution in [0.2, 0.25) is 11.1 Å². The topological polar surface area (TPSA) is 44.7 Å². The van der Waals surface area contributed by atoms with E-state index in [0.29, 0.717) is 0 Å². The van der Waals surface area contributed by atoms with Crippen LogP contribution in [0.1, 0.15) is 12.8 Å². The Hall–Kier alpha value is -1.95. The maximum Gasteiger partial charge on any atom is 0.328 e. The SMILES string of the molecule is C=CC(CC[n+]1ccc(-c2cc[n+](CCC(C=C)[SiH](OC)OC)cc2)cc1)[SiH](OC)OC. The van der Waals surface area contributed by atoms with Crippen molar-refractivity contribution in [1.29, 1.82) is 0 Å². The molecule has 0 aromatic carbocycles. The Morgan fingerprint density at radius 3 is 1.25 bits per heavy atom. The molecule has 0 N–H and O–H groups in total. The summed E-state index contributed by atoms with van der Waals surface area (Å²) in [6.45, 7) is 9.69. The monoisotopic (exact) mass is 474 g/mol. The molecular formula is C24H38N2O4Si2+2. The highest BCUT2D eigenvalue weighted by Gasteiger charge is 2.23. The van der Waals surface area contributed by atoms with Gasteiger partial charge in [0.05, 0.1) is 0 Å². The van der Waals surface area contributed by atoms with E-state index >= 15 is 0 Å². The van der Waals surface area contributed by atoms with Gasteiger partial charge in [-0.1, -0.05) is 12.2 Å². The van der Waals surface area contributed by atoms with E-state index in [1.807, 2.05) is 12.2 Å². The van der Waals surface area contributed by atoms with Gasteiger partial charge in [0.25, 0.3) is 0 Å². The van der Waals surface area contributed by atoms with Gasteiger partial charge in [-0.15, -0.1) is 13.2 Å². The smallest absolute Gasteiger partial charge is 0.328 e. The van der Waals surface area contributed by atoms with Crippen molar-refractivity contribution in [1.82, 2.24) is 0 Å². The van der Waals surface area contributed by atoms with Crippen molar-refractivity contribution in [3.05, 3.63) is 74.4 Å². The van der Waals surface area contributed by atoms with E-state index in [0.717, 1.165) is 25.9 Å². The van der Waals surface area contributed by atoms with E-state index in [2.05, 4.69) is 71.3 Å². The van der Waals surface area contributed by atoms with Crippen molar-refractivity contribution in [2.75, 3.05) is 28.4 Å². The quantitative estimate of drug-likeness (QED) is 0.226. The number of allylic oxidation sites excluding steroid dienone is 2. The van der Waals surface area contributed by atoms with E-state index in [9.17, 15) is 0 Å². The van der Waals surface area contributed by atoms with Crippen molar-refractivity contribution in [2.45, 2.75) is 37.0 Å². The fraction of sp³-hybridized carbons (Fsp3) is 0.417. The molecule has 0 radical (unpaired) electrons. The Kier molecular flexibility index (Phi) is 11.7. The molecule has 32 heavy (non-hydrogen) atoms. The Morgan fingerprint density at radius 2 is 1.00 bits per heavy atom. The highest BCUT2D eigenvalue weighted by Crippen LogP contribution is 2.20. The molecule has 2 aromatic rings. The lowest BCUT2D eigenvalue weighted by molar-refractivity contribution is -0.697. The number of hydrogen-bond donors (Lipinski definition) is 0. The highest BCUT2D eigenvalue weighted by molar-refractivity contribution is 6.47. The second-order valence-electron chi connectivity index (χ2n) is 7.71. The molecule has 0 spiro atoms. The third kappa shape index (κ3) is 7.58. The van der Waals surface area contributed by atoms with Gasteiger partial charge < -0.3 is 17.7 Å². The number of aryl methyl sites for hydroxylation is 2. The number of aromatic nitrogens is 2. The van der Waals surface area contributed by atoms with Crippen molar-refractivity contribution < 1.29 is 26.8 Å². The van der Waals surface area contributed by atoms with Crippen molar-refractivity contribution >= 4 is 18.6 Å². The molecule has 2 heterocycles. The average Bonchev–Trinajstić information content (AvgIpc) is 2.85. The molecule has 0 saturated heterocycles. The molecular weight excluding hydrogens is 436 g/mol. The fourth-order valence-corrected chi connectivity index (χ4v) is 6.89. The Morgan fingerprint density at radius 1 is 0.688 bits per heavy atom. The molecule has 0 amide bonds. The maximum absolute atomic E-state index is 5.51. The molecule has 0 bridgehead atoms. The third-order valence-electron chi connectivity index (χ3n) is 5.79. The lowest BCUT2D eigenvalue weighted by Crippen LogP contribution is -2.36. The first-order chi connectivity index (χ1) is 15.6. The predicted molar refractivity (Wildman–Crippen MR) is 132 cm³/mol. The normalized spacial score (nSPS) is 13.3. The third-order valence-corrected chi connectivity index (χ3v) is 10.3. The van der Waals surface area contributed by atoms with Gasteiger partial charge in [0.2, 0.25) is 0 Å². The maximum atomic E-state index is 5.51. The van der Waals surface area contributed by atoms with Gasteiger partial charge in [0, 0.05) is 76.6 Å². The molecule has 0 aliphatic carbocycles. The van der Waals surface area contributed by atoms with Gasteiger partial charge in [-0.25, -0.2) is 9.13 Å². The van der Waals surface area contributed by atoms with Crippen LogP contribution in [0.15, 0.2) is 74.4 Å². The Bertz CT molecular complexity index is 740. The van der Waals surface area contributed by atoms with Crippen LogP contribution >= 0.6 is 0 Å². The summed E-state index contributed by atoms with van der Waals surface area (Å²) in [4.78, 5) is 0. The van der Waals surface area contributed by atoms with Crippen LogP contribution in [0, 0.1) is 0 Å². The van der Waals surface area contributed by atoms with E-state index in [-0.39, 0.29) is 11.1 Å². The van der Waals surface area contributed by atoms with Crippen molar-refractivity contribution in [2.24, 2.45) is 0 Å². The van der Waals surface area contributed by atoms with Gasteiger partial charge in [0.15, 0.2) is 24.8 Å². The molecule has 2 atom stereocenters. The molecule has 0 aliphatic heterocycles. The number of nitrogens with zero attached hydrogens (tertiary/aromatic N) is 2. The minimum atomic E-state index is -1.69. The lowest BCUT2D eigenvalue weighted by atomic mass is 10.1. The summed E-state index contributed by atoms with van der Waals surface area (Å²) in [7, 11) is 3.50. The molecule has 0 fully saturated rings. The van der Waals surface area contributed by atoms with Crippen molar-refractivity contribution in [3.63, 3.8) is 0 Å². The molecule has 2 rings (SSSR count). The van der Waals surface area contributed by atoms with Gasteiger partial charge in [-0.2, -0.15) is 0 Å². The summed E-state index contributed by atoms with van der Waals surface area (Å²) in [5.41, 5.74) is 2.97. The standard InChI is InChI=1S/C24H38N2O4Si2/c1-7-23(31(27-3)28-4)13-19-25-15-9-21(10-16-25)22-11-17-26(18-12-22)20-14-24(8-2)32(29-5)30-6/h7-12,15-18,23-24,31-32H,1-2,13-14,19-20H2,3-6H3/q+2. The van der Waals surface area contributed by atoms with E-state index in [4.69, 9.17) is 17.7 Å². The summed E-state index contributed by atoms with van der Waals surface area (Å²) < 4.78 is 26.4. The number of hydrogen-bond acceptors (Lipinski definition) is 4. The van der Waals surface area contributed by atoms with Crippen LogP contribution in [-0.2, 0) is 30.8 Å². The summed E-state index contributed by atoms with van der Waals surface area (Å²) >= 11 is 0. The van der Waals surface area contributed by atoms with E-state index < -0.39 is 18.6 Å². The van der Waals surface area contributed by atoms with Crippen molar-refractivity contribution in [3.8, 4) is 11.1 Å². The Labute approximate surface area is 196 Å². The van der Waals surface area contributed by atoms with Crippen LogP contribution in [0.3, 0.4) is 0 Å². The van der Waals surface area contributed by atoms with Gasteiger partial charge in [-0.05, 0) is 11.1 Å². The summed E-state index contributed by atoms with van der Waals surface area (Å²) in [6, 6.07) is 8.63. The van der Waals surface area contributed by atoms with Crippen LogP contribution in [0.4, 0.5) is 0 Å². The first kappa shape index (κ1) is 26.3. The zero-order chi connectivity index (χ0) is 23.3. The summed E-state index contributed by atoms with van der Waals surface area (Å²) in [5.74, 6) is 0. The van der Waals surface area contributed by atoms with Crippen LogP contribution in [0.5, 0.6) is 0 Å². The van der Waals surface area contributed by atoms with Gasteiger partial charge in [-0.3, -0.25) is 0 Å². The van der Waals surface area contributed by atoms with Crippen LogP contribution < -0.4 is 9.13 Å². The molecule has 0 saturated carbocycles. The molecule has 0 aliphatic rings. The summed E-state index contributed by atoms with van der Waals surface area (Å²) in [6.07, 6.45) is 14.3. The molecule has 8 heteroatoms. The number of rotatable bonds is 15. The fourth-order valence-electron chi connectivity index (χ4n) is 3.82. The zero-order valence-electron chi connectivity index (χ0n) is 19.9. The average molecular weight is 475 g/mol. The second-order valence-corrected chi connectivity index (χ2v) is 12.8. The minimum Gasteiger partial charge on any atom is -0.400 e. The predicted octanol–water partition coefficient (Wildman–Crippen LogP) is 2.85.